The molecule has 1 aromatic heterocycles. The van der Waals surface area contributed by atoms with Gasteiger partial charge in [0.2, 0.25) is 5.91 Å². The maximum absolute atomic E-state index is 12.9. The van der Waals surface area contributed by atoms with Gasteiger partial charge < -0.3 is 4.90 Å². The standard InChI is InChI=1S/C22H24N4O/c1-2-3-13-22(24-25-22)14-11-21(27)26(18-20-10-7-15-23-17-20)16-12-19-8-5-4-6-9-19/h1,4-10,15,17H,3,11-14,16,18H2. The second-order valence-electron chi connectivity index (χ2n) is 6.80. The Labute approximate surface area is 160 Å². The summed E-state index contributed by atoms with van der Waals surface area (Å²) >= 11 is 0. The van der Waals surface area contributed by atoms with Crippen molar-refractivity contribution in [2.75, 3.05) is 6.54 Å². The SMILES string of the molecule is C#CCCC1(CCC(=O)N(CCc2ccccc2)Cc2cccnc2)N=N1. The molecule has 0 bridgehead atoms. The maximum atomic E-state index is 12.9. The first-order valence-electron chi connectivity index (χ1n) is 9.29. The molecule has 3 rings (SSSR count). The Kier molecular flexibility index (Phi) is 6.32. The van der Waals surface area contributed by atoms with E-state index in [2.05, 4.69) is 33.3 Å². The van der Waals surface area contributed by atoms with Gasteiger partial charge in [-0.2, -0.15) is 10.2 Å². The first-order chi connectivity index (χ1) is 13.2. The van der Waals surface area contributed by atoms with E-state index < -0.39 is 5.66 Å². The van der Waals surface area contributed by atoms with Gasteiger partial charge in [0.15, 0.2) is 5.66 Å². The van der Waals surface area contributed by atoms with Crippen molar-refractivity contribution in [3.05, 3.63) is 66.0 Å². The molecule has 5 nitrogen and oxygen atoms in total. The monoisotopic (exact) mass is 360 g/mol. The number of rotatable bonds is 10. The van der Waals surface area contributed by atoms with Crippen molar-refractivity contribution in [3.8, 4) is 12.3 Å². The van der Waals surface area contributed by atoms with Gasteiger partial charge in [-0.05, 0) is 23.6 Å². The van der Waals surface area contributed by atoms with E-state index >= 15 is 0 Å². The van der Waals surface area contributed by atoms with Crippen LogP contribution in [0.5, 0.6) is 0 Å². The Morgan fingerprint density at radius 2 is 1.85 bits per heavy atom. The largest absolute Gasteiger partial charge is 0.338 e. The third-order valence-corrected chi connectivity index (χ3v) is 4.75. The van der Waals surface area contributed by atoms with E-state index in [1.54, 1.807) is 6.20 Å². The van der Waals surface area contributed by atoms with Gasteiger partial charge in [-0.15, -0.1) is 12.3 Å². The van der Waals surface area contributed by atoms with Crippen LogP contribution in [0.2, 0.25) is 0 Å². The summed E-state index contributed by atoms with van der Waals surface area (Å²) in [6, 6.07) is 14.1. The zero-order valence-corrected chi connectivity index (χ0v) is 15.4. The average Bonchev–Trinajstić information content (AvgIpc) is 3.49. The van der Waals surface area contributed by atoms with E-state index in [-0.39, 0.29) is 5.91 Å². The molecule has 2 heterocycles. The minimum absolute atomic E-state index is 0.118. The zero-order valence-electron chi connectivity index (χ0n) is 15.4. The van der Waals surface area contributed by atoms with Crippen LogP contribution in [-0.2, 0) is 17.8 Å². The summed E-state index contributed by atoms with van der Waals surface area (Å²) in [4.78, 5) is 19.0. The van der Waals surface area contributed by atoms with Crippen LogP contribution >= 0.6 is 0 Å². The lowest BCUT2D eigenvalue weighted by atomic mass is 10.0. The van der Waals surface area contributed by atoms with Gasteiger partial charge in [0.1, 0.15) is 0 Å². The highest BCUT2D eigenvalue weighted by Gasteiger charge is 2.39. The number of amides is 1. The van der Waals surface area contributed by atoms with Gasteiger partial charge in [-0.25, -0.2) is 0 Å². The van der Waals surface area contributed by atoms with Gasteiger partial charge in [0, 0.05) is 51.2 Å². The smallest absolute Gasteiger partial charge is 0.223 e. The molecule has 138 valence electrons. The lowest BCUT2D eigenvalue weighted by molar-refractivity contribution is -0.132. The topological polar surface area (TPSA) is 57.9 Å². The molecule has 27 heavy (non-hydrogen) atoms. The number of hydrogen-bond acceptors (Lipinski definition) is 4. The Balaban J connectivity index is 1.59. The van der Waals surface area contributed by atoms with E-state index in [1.165, 1.54) is 5.56 Å². The first kappa shape index (κ1) is 18.8. The van der Waals surface area contributed by atoms with E-state index in [0.29, 0.717) is 32.4 Å². The van der Waals surface area contributed by atoms with Gasteiger partial charge in [-0.3, -0.25) is 9.78 Å². The van der Waals surface area contributed by atoms with Crippen molar-refractivity contribution in [1.29, 1.82) is 0 Å². The van der Waals surface area contributed by atoms with E-state index in [0.717, 1.165) is 18.4 Å². The molecule has 0 fully saturated rings. The first-order valence-corrected chi connectivity index (χ1v) is 9.29. The molecule has 1 aliphatic rings. The van der Waals surface area contributed by atoms with E-state index in [1.807, 2.05) is 41.4 Å². The third-order valence-electron chi connectivity index (χ3n) is 4.75. The lowest BCUT2D eigenvalue weighted by Gasteiger charge is -2.23. The normalized spacial score (nSPS) is 13.7. The van der Waals surface area contributed by atoms with Crippen molar-refractivity contribution in [1.82, 2.24) is 9.88 Å². The predicted molar refractivity (Wildman–Crippen MR) is 105 cm³/mol. The van der Waals surface area contributed by atoms with Crippen LogP contribution in [0.25, 0.3) is 0 Å². The number of terminal acetylenes is 1. The average molecular weight is 360 g/mol. The Morgan fingerprint density at radius 3 is 2.52 bits per heavy atom. The summed E-state index contributed by atoms with van der Waals surface area (Å²) < 4.78 is 0. The number of aromatic nitrogens is 1. The second kappa shape index (κ2) is 9.09. The number of benzene rings is 1. The van der Waals surface area contributed by atoms with Crippen LogP contribution in [0.4, 0.5) is 0 Å². The summed E-state index contributed by atoms with van der Waals surface area (Å²) in [5.74, 6) is 2.74. The minimum Gasteiger partial charge on any atom is -0.338 e. The highest BCUT2D eigenvalue weighted by Crippen LogP contribution is 2.37. The number of carbonyl (C=O) groups is 1. The van der Waals surface area contributed by atoms with Crippen LogP contribution in [-0.4, -0.2) is 28.0 Å². The molecule has 1 amide bonds. The van der Waals surface area contributed by atoms with Crippen LogP contribution in [0.1, 0.15) is 36.8 Å². The highest BCUT2D eigenvalue weighted by atomic mass is 16.2. The molecule has 0 saturated heterocycles. The summed E-state index contributed by atoms with van der Waals surface area (Å²) in [6.07, 6.45) is 12.1. The molecule has 5 heteroatoms. The Bertz CT molecular complexity index is 805. The van der Waals surface area contributed by atoms with Crippen LogP contribution < -0.4 is 0 Å². The van der Waals surface area contributed by atoms with E-state index in [9.17, 15) is 4.79 Å². The molecule has 0 N–H and O–H groups in total. The summed E-state index contributed by atoms with van der Waals surface area (Å²) in [7, 11) is 0. The molecular weight excluding hydrogens is 336 g/mol. The molecule has 2 aromatic rings. The van der Waals surface area contributed by atoms with E-state index in [4.69, 9.17) is 6.42 Å². The van der Waals surface area contributed by atoms with Gasteiger partial charge >= 0.3 is 0 Å². The van der Waals surface area contributed by atoms with Crippen molar-refractivity contribution >= 4 is 5.91 Å². The third kappa shape index (κ3) is 5.75. The maximum Gasteiger partial charge on any atom is 0.223 e. The highest BCUT2D eigenvalue weighted by molar-refractivity contribution is 5.76. The van der Waals surface area contributed by atoms with Gasteiger partial charge in [0.05, 0.1) is 0 Å². The van der Waals surface area contributed by atoms with Crippen molar-refractivity contribution in [3.63, 3.8) is 0 Å². The van der Waals surface area contributed by atoms with Crippen molar-refractivity contribution in [2.45, 2.75) is 44.3 Å². The molecule has 0 saturated carbocycles. The molecule has 0 spiro atoms. The van der Waals surface area contributed by atoms with Crippen molar-refractivity contribution in [2.24, 2.45) is 10.2 Å². The fourth-order valence-electron chi connectivity index (χ4n) is 3.05. The molecule has 0 unspecified atom stereocenters. The number of hydrogen-bond donors (Lipinski definition) is 0. The number of nitrogens with zero attached hydrogens (tertiary/aromatic N) is 4. The summed E-state index contributed by atoms with van der Waals surface area (Å²) in [5.41, 5.74) is 1.84. The molecule has 0 radical (unpaired) electrons. The lowest BCUT2D eigenvalue weighted by Crippen LogP contribution is -2.33. The van der Waals surface area contributed by atoms with Crippen LogP contribution in [0, 0.1) is 12.3 Å². The predicted octanol–water partition coefficient (Wildman–Crippen LogP) is 4.01. The van der Waals surface area contributed by atoms with Gasteiger partial charge in [0.25, 0.3) is 0 Å². The quantitative estimate of drug-likeness (QED) is 0.601. The zero-order chi connectivity index (χ0) is 19.0. The fraction of sp³-hybridized carbons (Fsp3) is 0.364. The minimum atomic E-state index is -0.415. The van der Waals surface area contributed by atoms with Crippen molar-refractivity contribution < 1.29 is 4.79 Å². The molecule has 0 aliphatic carbocycles. The number of pyridine rings is 1. The molecule has 1 aromatic carbocycles. The number of carbonyl (C=O) groups excluding carboxylic acids is 1. The molecular formula is C22H24N4O. The molecule has 1 aliphatic heterocycles. The molecule has 0 atom stereocenters. The Hall–Kier alpha value is -3.00. The summed E-state index contributed by atoms with van der Waals surface area (Å²) in [6.45, 7) is 1.23. The fourth-order valence-corrected chi connectivity index (χ4v) is 3.05. The van der Waals surface area contributed by atoms with Crippen LogP contribution in [0.15, 0.2) is 65.1 Å². The second-order valence-corrected chi connectivity index (χ2v) is 6.80. The van der Waals surface area contributed by atoms with Gasteiger partial charge in [-0.1, -0.05) is 36.4 Å². The van der Waals surface area contributed by atoms with Crippen LogP contribution in [0.3, 0.4) is 0 Å². The summed E-state index contributed by atoms with van der Waals surface area (Å²) in [5, 5.41) is 8.26. The Morgan fingerprint density at radius 1 is 1.07 bits per heavy atom.